The molecule has 0 saturated carbocycles. The number of rotatable bonds is 5. The lowest BCUT2D eigenvalue weighted by Crippen LogP contribution is -2.53. The third-order valence-electron chi connectivity index (χ3n) is 4.31. The van der Waals surface area contributed by atoms with E-state index in [9.17, 15) is 9.59 Å². The fourth-order valence-electron chi connectivity index (χ4n) is 2.64. The van der Waals surface area contributed by atoms with E-state index in [0.29, 0.717) is 39.1 Å². The van der Waals surface area contributed by atoms with Crippen LogP contribution in [0, 0.1) is 13.8 Å². The zero-order chi connectivity index (χ0) is 17.5. The lowest BCUT2D eigenvalue weighted by atomic mass is 10.1. The summed E-state index contributed by atoms with van der Waals surface area (Å²) in [4.78, 5) is 28.9. The molecule has 0 bridgehead atoms. The third-order valence-corrected chi connectivity index (χ3v) is 5.31. The number of carbonyl (C=O) groups excluding carboxylic acids is 2. The number of benzene rings is 1. The fourth-order valence-corrected chi connectivity index (χ4v) is 3.58. The summed E-state index contributed by atoms with van der Waals surface area (Å²) in [7, 11) is 0. The Morgan fingerprint density at radius 1 is 1.08 bits per heavy atom. The van der Waals surface area contributed by atoms with Crippen LogP contribution < -0.4 is 5.32 Å². The van der Waals surface area contributed by atoms with Gasteiger partial charge in [0.25, 0.3) is 0 Å². The van der Waals surface area contributed by atoms with Crippen molar-refractivity contribution in [2.45, 2.75) is 32.1 Å². The Morgan fingerprint density at radius 2 is 1.75 bits per heavy atom. The molecule has 1 aromatic carbocycles. The minimum absolute atomic E-state index is 0.0325. The van der Waals surface area contributed by atoms with E-state index in [-0.39, 0.29) is 11.9 Å². The van der Waals surface area contributed by atoms with E-state index in [0.717, 1.165) is 5.75 Å². The molecule has 1 heterocycles. The summed E-state index contributed by atoms with van der Waals surface area (Å²) in [6.45, 7) is 9.24. The van der Waals surface area contributed by atoms with E-state index in [2.05, 4.69) is 37.4 Å². The number of nitrogens with zero attached hydrogens (tertiary/aromatic N) is 2. The summed E-state index contributed by atoms with van der Waals surface area (Å²) in [5.41, 5.74) is 2.58. The molecule has 1 aliphatic rings. The lowest BCUT2D eigenvalue weighted by Gasteiger charge is -2.34. The van der Waals surface area contributed by atoms with Crippen LogP contribution in [0.5, 0.6) is 0 Å². The Balaban J connectivity index is 1.72. The first kappa shape index (κ1) is 18.6. The highest BCUT2D eigenvalue weighted by Crippen LogP contribution is 2.22. The van der Waals surface area contributed by atoms with Crippen LogP contribution in [-0.2, 0) is 4.79 Å². The summed E-state index contributed by atoms with van der Waals surface area (Å²) < 4.78 is 0. The van der Waals surface area contributed by atoms with Gasteiger partial charge < -0.3 is 15.1 Å². The summed E-state index contributed by atoms with van der Waals surface area (Å²) in [6.07, 6.45) is 0.540. The fraction of sp³-hybridized carbons (Fsp3) is 0.556. The lowest BCUT2D eigenvalue weighted by molar-refractivity contribution is -0.132. The van der Waals surface area contributed by atoms with Gasteiger partial charge in [0.15, 0.2) is 0 Å². The molecule has 2 rings (SSSR count). The van der Waals surface area contributed by atoms with Crippen molar-refractivity contribution in [1.29, 1.82) is 0 Å². The molecule has 3 amide bonds. The highest BCUT2D eigenvalue weighted by Gasteiger charge is 2.23. The van der Waals surface area contributed by atoms with Gasteiger partial charge in [-0.2, -0.15) is 0 Å². The molecule has 0 unspecified atom stereocenters. The van der Waals surface area contributed by atoms with Crippen LogP contribution in [0.1, 0.15) is 24.5 Å². The quantitative estimate of drug-likeness (QED) is 0.832. The van der Waals surface area contributed by atoms with Gasteiger partial charge >= 0.3 is 6.03 Å². The number of carbonyl (C=O) groups is 2. The molecule has 0 atom stereocenters. The topological polar surface area (TPSA) is 52.7 Å². The van der Waals surface area contributed by atoms with E-state index in [1.807, 2.05) is 11.8 Å². The van der Waals surface area contributed by atoms with Gasteiger partial charge in [-0.15, -0.1) is 11.8 Å². The highest BCUT2D eigenvalue weighted by atomic mass is 32.2. The third kappa shape index (κ3) is 5.16. The first-order valence-corrected chi connectivity index (χ1v) is 9.50. The SMILES string of the molecule is CCNC(=O)N1CCN(C(=O)CCSc2ccc(C)c(C)c2)CC1. The number of hydrogen-bond donors (Lipinski definition) is 1. The van der Waals surface area contributed by atoms with Gasteiger partial charge in [-0.05, 0) is 44.0 Å². The molecule has 5 nitrogen and oxygen atoms in total. The second-order valence-electron chi connectivity index (χ2n) is 6.05. The van der Waals surface area contributed by atoms with E-state index < -0.39 is 0 Å². The Labute approximate surface area is 148 Å². The van der Waals surface area contributed by atoms with Crippen LogP contribution in [0.25, 0.3) is 0 Å². The first-order valence-electron chi connectivity index (χ1n) is 8.52. The smallest absolute Gasteiger partial charge is 0.317 e. The van der Waals surface area contributed by atoms with Crippen LogP contribution in [0.4, 0.5) is 4.79 Å². The minimum atomic E-state index is -0.0325. The van der Waals surface area contributed by atoms with Crippen molar-refractivity contribution in [2.24, 2.45) is 0 Å². The number of piperazine rings is 1. The Bertz CT molecular complexity index is 584. The second kappa shape index (κ2) is 8.97. The van der Waals surface area contributed by atoms with Crippen molar-refractivity contribution < 1.29 is 9.59 Å². The summed E-state index contributed by atoms with van der Waals surface area (Å²) in [5, 5.41) is 2.80. The molecular weight excluding hydrogens is 322 g/mol. The van der Waals surface area contributed by atoms with E-state index in [4.69, 9.17) is 0 Å². The average molecular weight is 350 g/mol. The molecular formula is C18H27N3O2S. The number of aryl methyl sites for hydroxylation is 2. The molecule has 1 fully saturated rings. The molecule has 132 valence electrons. The van der Waals surface area contributed by atoms with Gasteiger partial charge in [-0.25, -0.2) is 4.79 Å². The van der Waals surface area contributed by atoms with Gasteiger partial charge in [-0.3, -0.25) is 4.79 Å². The number of nitrogens with one attached hydrogen (secondary N) is 1. The largest absolute Gasteiger partial charge is 0.339 e. The highest BCUT2D eigenvalue weighted by molar-refractivity contribution is 7.99. The molecule has 1 aromatic rings. The Kier molecular flexibility index (Phi) is 6.97. The van der Waals surface area contributed by atoms with Gasteiger partial charge in [0.2, 0.25) is 5.91 Å². The number of amides is 3. The predicted octanol–water partition coefficient (Wildman–Crippen LogP) is 2.66. The van der Waals surface area contributed by atoms with Crippen molar-refractivity contribution in [1.82, 2.24) is 15.1 Å². The summed E-state index contributed by atoms with van der Waals surface area (Å²) >= 11 is 1.73. The van der Waals surface area contributed by atoms with Crippen molar-refractivity contribution >= 4 is 23.7 Å². The van der Waals surface area contributed by atoms with Crippen LogP contribution in [0.2, 0.25) is 0 Å². The van der Waals surface area contributed by atoms with Crippen LogP contribution in [0.15, 0.2) is 23.1 Å². The zero-order valence-electron chi connectivity index (χ0n) is 14.8. The maximum absolute atomic E-state index is 12.3. The predicted molar refractivity (Wildman–Crippen MR) is 98.5 cm³/mol. The molecule has 1 saturated heterocycles. The molecule has 0 spiro atoms. The van der Waals surface area contributed by atoms with E-state index in [1.54, 1.807) is 16.7 Å². The van der Waals surface area contributed by atoms with Crippen LogP contribution in [-0.4, -0.2) is 60.2 Å². The van der Waals surface area contributed by atoms with Gasteiger partial charge in [0.05, 0.1) is 0 Å². The maximum atomic E-state index is 12.3. The Hall–Kier alpha value is -1.69. The van der Waals surface area contributed by atoms with E-state index >= 15 is 0 Å². The van der Waals surface area contributed by atoms with Crippen LogP contribution >= 0.6 is 11.8 Å². The minimum Gasteiger partial charge on any atom is -0.339 e. The van der Waals surface area contributed by atoms with Crippen molar-refractivity contribution in [3.05, 3.63) is 29.3 Å². The molecule has 0 aliphatic carbocycles. The number of hydrogen-bond acceptors (Lipinski definition) is 3. The Morgan fingerprint density at radius 3 is 2.38 bits per heavy atom. The standard InChI is InChI=1S/C18H27N3O2S/c1-4-19-18(23)21-10-8-20(9-11-21)17(22)7-12-24-16-6-5-14(2)15(3)13-16/h5-6,13H,4,7-12H2,1-3H3,(H,19,23). The van der Waals surface area contributed by atoms with Crippen molar-refractivity contribution in [3.63, 3.8) is 0 Å². The number of urea groups is 1. The average Bonchev–Trinajstić information content (AvgIpc) is 2.58. The first-order chi connectivity index (χ1) is 11.5. The van der Waals surface area contributed by atoms with Gasteiger partial charge in [-0.1, -0.05) is 6.07 Å². The van der Waals surface area contributed by atoms with Gasteiger partial charge in [0.1, 0.15) is 0 Å². The summed E-state index contributed by atoms with van der Waals surface area (Å²) in [5.74, 6) is 0.972. The normalized spacial score (nSPS) is 14.6. The van der Waals surface area contributed by atoms with Crippen molar-refractivity contribution in [3.8, 4) is 0 Å². The van der Waals surface area contributed by atoms with Gasteiger partial charge in [0, 0.05) is 49.8 Å². The summed E-state index contributed by atoms with van der Waals surface area (Å²) in [6, 6.07) is 6.38. The molecule has 1 aliphatic heterocycles. The van der Waals surface area contributed by atoms with Crippen molar-refractivity contribution in [2.75, 3.05) is 38.5 Å². The molecule has 24 heavy (non-hydrogen) atoms. The molecule has 1 N–H and O–H groups in total. The zero-order valence-corrected chi connectivity index (χ0v) is 15.6. The molecule has 6 heteroatoms. The van der Waals surface area contributed by atoms with Crippen LogP contribution in [0.3, 0.4) is 0 Å². The molecule has 0 aromatic heterocycles. The molecule has 0 radical (unpaired) electrons. The number of thioether (sulfide) groups is 1. The monoisotopic (exact) mass is 349 g/mol. The maximum Gasteiger partial charge on any atom is 0.317 e. The van der Waals surface area contributed by atoms with E-state index in [1.165, 1.54) is 16.0 Å². The second-order valence-corrected chi connectivity index (χ2v) is 7.22.